The third-order valence-electron chi connectivity index (χ3n) is 4.08. The Kier molecular flexibility index (Phi) is 3.85. The smallest absolute Gasteiger partial charge is 0.231 e. The van der Waals surface area contributed by atoms with Gasteiger partial charge in [0, 0.05) is 16.8 Å². The lowest BCUT2D eigenvalue weighted by molar-refractivity contribution is -0.128. The molecule has 1 aromatic carbocycles. The van der Waals surface area contributed by atoms with Crippen molar-refractivity contribution in [2.45, 2.75) is 18.9 Å². The van der Waals surface area contributed by atoms with E-state index in [9.17, 15) is 9.18 Å². The van der Waals surface area contributed by atoms with Gasteiger partial charge in [-0.1, -0.05) is 6.07 Å². The fourth-order valence-corrected chi connectivity index (χ4v) is 3.69. The average molecular weight is 342 g/mol. The molecule has 0 fully saturated rings. The van der Waals surface area contributed by atoms with E-state index in [1.165, 1.54) is 28.4 Å². The summed E-state index contributed by atoms with van der Waals surface area (Å²) in [5.41, 5.74) is 5.88. The molecule has 0 spiro atoms. The molecule has 2 heterocycles. The second-order valence-electron chi connectivity index (χ2n) is 5.84. The van der Waals surface area contributed by atoms with Gasteiger partial charge in [-0.2, -0.15) is 5.26 Å². The van der Waals surface area contributed by atoms with Crippen LogP contribution < -0.4 is 5.73 Å². The number of guanidine groups is 1. The number of amides is 1. The van der Waals surface area contributed by atoms with Crippen molar-refractivity contribution < 1.29 is 9.18 Å². The molecule has 0 radical (unpaired) electrons. The van der Waals surface area contributed by atoms with Crippen LogP contribution in [0.2, 0.25) is 0 Å². The number of hydrogen-bond acceptors (Lipinski definition) is 5. The highest BCUT2D eigenvalue weighted by Crippen LogP contribution is 2.40. The van der Waals surface area contributed by atoms with Gasteiger partial charge in [0.05, 0.1) is 12.0 Å². The summed E-state index contributed by atoms with van der Waals surface area (Å²) in [7, 11) is 1.60. The van der Waals surface area contributed by atoms with Crippen LogP contribution in [0.1, 0.15) is 23.8 Å². The zero-order chi connectivity index (χ0) is 17.5. The standard InChI is InChI=1S/C17H15FN4OS/c1-17(8-15(23)22(2)16(20)21-17)14-6-5-13(24-14)10-3-4-12(18)11(7-10)9-19/h3-7H,8H2,1-2H3,(H2,20,21)/t17-/m0/s1. The Balaban J connectivity index is 2.00. The van der Waals surface area contributed by atoms with Crippen molar-refractivity contribution in [2.75, 3.05) is 7.05 Å². The van der Waals surface area contributed by atoms with Gasteiger partial charge < -0.3 is 5.73 Å². The van der Waals surface area contributed by atoms with Crippen LogP contribution in [0.3, 0.4) is 0 Å². The Morgan fingerprint density at radius 1 is 1.42 bits per heavy atom. The summed E-state index contributed by atoms with van der Waals surface area (Å²) in [6.07, 6.45) is 0.233. The van der Waals surface area contributed by atoms with Gasteiger partial charge in [0.15, 0.2) is 5.96 Å². The predicted octanol–water partition coefficient (Wildman–Crippen LogP) is 2.82. The van der Waals surface area contributed by atoms with Crippen LogP contribution in [0.25, 0.3) is 10.4 Å². The van der Waals surface area contributed by atoms with Crippen LogP contribution in [0, 0.1) is 17.1 Å². The zero-order valence-corrected chi connectivity index (χ0v) is 14.0. The monoisotopic (exact) mass is 342 g/mol. The number of thiophene rings is 1. The Hall–Kier alpha value is -2.72. The minimum absolute atomic E-state index is 0.00500. The highest BCUT2D eigenvalue weighted by molar-refractivity contribution is 7.15. The molecule has 1 amide bonds. The van der Waals surface area contributed by atoms with E-state index in [1.54, 1.807) is 13.1 Å². The van der Waals surface area contributed by atoms with E-state index in [1.807, 2.05) is 25.1 Å². The molecule has 2 aromatic rings. The van der Waals surface area contributed by atoms with E-state index in [2.05, 4.69) is 4.99 Å². The highest BCUT2D eigenvalue weighted by Gasteiger charge is 2.37. The minimum Gasteiger partial charge on any atom is -0.369 e. The third kappa shape index (κ3) is 2.65. The van der Waals surface area contributed by atoms with E-state index in [-0.39, 0.29) is 23.9 Å². The van der Waals surface area contributed by atoms with Crippen molar-refractivity contribution in [3.63, 3.8) is 0 Å². The van der Waals surface area contributed by atoms with Crippen LogP contribution in [-0.2, 0) is 10.3 Å². The van der Waals surface area contributed by atoms with Gasteiger partial charge in [0.2, 0.25) is 5.91 Å². The second kappa shape index (κ2) is 5.73. The number of halogens is 1. The number of carbonyl (C=O) groups excluding carboxylic acids is 1. The maximum absolute atomic E-state index is 13.5. The fourth-order valence-electron chi connectivity index (χ4n) is 2.60. The van der Waals surface area contributed by atoms with Crippen molar-refractivity contribution in [3.05, 3.63) is 46.6 Å². The van der Waals surface area contributed by atoms with Crippen molar-refractivity contribution in [1.29, 1.82) is 5.26 Å². The first-order valence-corrected chi connectivity index (χ1v) is 8.08. The number of nitrogens with two attached hydrogens (primary N) is 1. The topological polar surface area (TPSA) is 82.5 Å². The maximum Gasteiger partial charge on any atom is 0.231 e. The lowest BCUT2D eigenvalue weighted by Crippen LogP contribution is -2.47. The van der Waals surface area contributed by atoms with E-state index in [4.69, 9.17) is 11.0 Å². The Bertz CT molecular complexity index is 898. The molecule has 0 bridgehead atoms. The lowest BCUT2D eigenvalue weighted by atomic mass is 9.94. The van der Waals surface area contributed by atoms with Crippen molar-refractivity contribution in [1.82, 2.24) is 4.90 Å². The molecule has 0 unspecified atom stereocenters. The number of nitriles is 1. The first kappa shape index (κ1) is 16.1. The molecule has 0 saturated carbocycles. The zero-order valence-electron chi connectivity index (χ0n) is 13.2. The molecule has 1 aliphatic rings. The lowest BCUT2D eigenvalue weighted by Gasteiger charge is -2.32. The van der Waals surface area contributed by atoms with Crippen LogP contribution >= 0.6 is 11.3 Å². The third-order valence-corrected chi connectivity index (χ3v) is 5.47. The molecular formula is C17H15FN4OS. The summed E-state index contributed by atoms with van der Waals surface area (Å²) in [6, 6.07) is 10.0. The summed E-state index contributed by atoms with van der Waals surface area (Å²) < 4.78 is 13.5. The molecule has 1 aromatic heterocycles. The summed E-state index contributed by atoms with van der Waals surface area (Å²) in [6.45, 7) is 1.87. The minimum atomic E-state index is -0.714. The predicted molar refractivity (Wildman–Crippen MR) is 90.8 cm³/mol. The molecular weight excluding hydrogens is 327 g/mol. The van der Waals surface area contributed by atoms with Crippen molar-refractivity contribution >= 4 is 23.2 Å². The largest absolute Gasteiger partial charge is 0.369 e. The summed E-state index contributed by atoms with van der Waals surface area (Å²) in [5.74, 6) is -0.436. The van der Waals surface area contributed by atoms with Crippen LogP contribution in [0.4, 0.5) is 4.39 Å². The summed E-state index contributed by atoms with van der Waals surface area (Å²) >= 11 is 1.46. The van der Waals surface area contributed by atoms with Gasteiger partial charge in [-0.3, -0.25) is 9.69 Å². The average Bonchev–Trinajstić information content (AvgIpc) is 3.04. The fraction of sp³-hybridized carbons (Fsp3) is 0.235. The van der Waals surface area contributed by atoms with Crippen LogP contribution in [0.5, 0.6) is 0 Å². The van der Waals surface area contributed by atoms with Gasteiger partial charge in [-0.05, 0) is 36.8 Å². The number of carbonyl (C=O) groups is 1. The van der Waals surface area contributed by atoms with Gasteiger partial charge >= 0.3 is 0 Å². The maximum atomic E-state index is 13.5. The quantitative estimate of drug-likeness (QED) is 0.911. The molecule has 0 saturated heterocycles. The molecule has 1 atom stereocenters. The number of nitrogens with zero attached hydrogens (tertiary/aromatic N) is 3. The molecule has 7 heteroatoms. The highest BCUT2D eigenvalue weighted by atomic mass is 32.1. The van der Waals surface area contributed by atoms with E-state index < -0.39 is 11.4 Å². The Labute approximate surface area is 142 Å². The number of hydrogen-bond donors (Lipinski definition) is 1. The van der Waals surface area contributed by atoms with E-state index >= 15 is 0 Å². The molecule has 24 heavy (non-hydrogen) atoms. The Morgan fingerprint density at radius 3 is 2.83 bits per heavy atom. The van der Waals surface area contributed by atoms with E-state index in [0.717, 1.165) is 15.3 Å². The number of rotatable bonds is 2. The van der Waals surface area contributed by atoms with Crippen molar-refractivity contribution in [2.24, 2.45) is 10.7 Å². The first-order chi connectivity index (χ1) is 11.3. The number of benzene rings is 1. The molecule has 0 aliphatic carbocycles. The SMILES string of the molecule is CN1C(=O)C[C@@](C)(c2ccc(-c3ccc(F)c(C#N)c3)s2)N=C1N. The van der Waals surface area contributed by atoms with Crippen LogP contribution in [0.15, 0.2) is 35.3 Å². The molecule has 122 valence electrons. The van der Waals surface area contributed by atoms with E-state index in [0.29, 0.717) is 0 Å². The van der Waals surface area contributed by atoms with Gasteiger partial charge in [0.1, 0.15) is 17.4 Å². The van der Waals surface area contributed by atoms with Gasteiger partial charge in [-0.15, -0.1) is 11.3 Å². The normalized spacial score (nSPS) is 20.7. The molecule has 1 aliphatic heterocycles. The molecule has 5 nitrogen and oxygen atoms in total. The Morgan fingerprint density at radius 2 is 2.17 bits per heavy atom. The summed E-state index contributed by atoms with van der Waals surface area (Å²) in [4.78, 5) is 19.7. The van der Waals surface area contributed by atoms with Crippen LogP contribution in [-0.4, -0.2) is 23.8 Å². The first-order valence-electron chi connectivity index (χ1n) is 7.26. The summed E-state index contributed by atoms with van der Waals surface area (Å²) in [5, 5.41) is 8.96. The molecule has 3 rings (SSSR count). The number of aliphatic imine (C=N–C) groups is 1. The van der Waals surface area contributed by atoms with Crippen molar-refractivity contribution in [3.8, 4) is 16.5 Å². The van der Waals surface area contributed by atoms with Gasteiger partial charge in [0.25, 0.3) is 0 Å². The van der Waals surface area contributed by atoms with Gasteiger partial charge in [-0.25, -0.2) is 9.38 Å². The molecule has 2 N–H and O–H groups in total. The second-order valence-corrected chi connectivity index (χ2v) is 6.93.